The highest BCUT2D eigenvalue weighted by molar-refractivity contribution is 5.73. The van der Waals surface area contributed by atoms with E-state index in [9.17, 15) is 9.59 Å². The number of hydrogen-bond acceptors (Lipinski definition) is 6. The monoisotopic (exact) mass is 263 g/mol. The predicted molar refractivity (Wildman–Crippen MR) is 64.4 cm³/mol. The molecule has 0 bridgehead atoms. The topological polar surface area (TPSA) is 85.6 Å². The van der Waals surface area contributed by atoms with Gasteiger partial charge in [0.1, 0.15) is 0 Å². The summed E-state index contributed by atoms with van der Waals surface area (Å²) in [5, 5.41) is 8.90. The Hall–Kier alpha value is -2.39. The molecule has 1 atom stereocenters. The second-order valence-electron chi connectivity index (χ2n) is 3.64. The van der Waals surface area contributed by atoms with Gasteiger partial charge in [0.05, 0.1) is 6.07 Å². The molecule has 1 aromatic rings. The van der Waals surface area contributed by atoms with Crippen molar-refractivity contribution in [3.63, 3.8) is 0 Å². The molecule has 0 amide bonds. The van der Waals surface area contributed by atoms with Gasteiger partial charge in [-0.05, 0) is 17.7 Å². The van der Waals surface area contributed by atoms with E-state index in [1.807, 2.05) is 6.07 Å². The molecule has 0 aliphatic heterocycles. The standard InChI is InChI=1S/C13H13NO5/c1-8(15)18-11-5-4-10(13(7-14)17-3)6-12(11)19-9(2)16/h4-6,13H,1-3H3. The molecule has 1 unspecified atom stereocenters. The smallest absolute Gasteiger partial charge is 0.308 e. The quantitative estimate of drug-likeness (QED) is 0.607. The maximum atomic E-state index is 11.0. The first-order valence-corrected chi connectivity index (χ1v) is 5.41. The zero-order valence-corrected chi connectivity index (χ0v) is 10.8. The molecule has 0 saturated heterocycles. The van der Waals surface area contributed by atoms with Gasteiger partial charge >= 0.3 is 11.9 Å². The van der Waals surface area contributed by atoms with Crippen LogP contribution in [-0.4, -0.2) is 19.0 Å². The maximum Gasteiger partial charge on any atom is 0.308 e. The Balaban J connectivity index is 3.18. The molecule has 1 aromatic carbocycles. The van der Waals surface area contributed by atoms with Gasteiger partial charge in [-0.1, -0.05) is 6.07 Å². The number of benzene rings is 1. The maximum absolute atomic E-state index is 11.0. The van der Waals surface area contributed by atoms with Crippen LogP contribution in [0.15, 0.2) is 18.2 Å². The van der Waals surface area contributed by atoms with E-state index in [1.54, 1.807) is 6.07 Å². The van der Waals surface area contributed by atoms with Crippen molar-refractivity contribution in [2.24, 2.45) is 0 Å². The Labute approximate surface area is 110 Å². The van der Waals surface area contributed by atoms with Crippen LogP contribution in [0.1, 0.15) is 25.5 Å². The van der Waals surface area contributed by atoms with E-state index >= 15 is 0 Å². The molecular weight excluding hydrogens is 250 g/mol. The van der Waals surface area contributed by atoms with E-state index < -0.39 is 18.0 Å². The average molecular weight is 263 g/mol. The number of ether oxygens (including phenoxy) is 3. The molecule has 0 aliphatic rings. The second-order valence-corrected chi connectivity index (χ2v) is 3.64. The third-order valence-electron chi connectivity index (χ3n) is 2.13. The van der Waals surface area contributed by atoms with Gasteiger partial charge in [0.2, 0.25) is 0 Å². The summed E-state index contributed by atoms with van der Waals surface area (Å²) in [5.41, 5.74) is 0.497. The van der Waals surface area contributed by atoms with Crippen molar-refractivity contribution in [3.8, 4) is 17.6 Å². The zero-order valence-electron chi connectivity index (χ0n) is 10.8. The normalized spacial score (nSPS) is 11.3. The fourth-order valence-corrected chi connectivity index (χ4v) is 1.42. The summed E-state index contributed by atoms with van der Waals surface area (Å²) in [6.45, 7) is 2.46. The summed E-state index contributed by atoms with van der Waals surface area (Å²) in [4.78, 5) is 22.0. The summed E-state index contributed by atoms with van der Waals surface area (Å²) in [7, 11) is 1.39. The SMILES string of the molecule is COC(C#N)c1ccc(OC(C)=O)c(OC(C)=O)c1. The van der Waals surface area contributed by atoms with Crippen LogP contribution in [0.3, 0.4) is 0 Å². The molecule has 6 nitrogen and oxygen atoms in total. The van der Waals surface area contributed by atoms with Gasteiger partial charge in [0, 0.05) is 21.0 Å². The summed E-state index contributed by atoms with van der Waals surface area (Å²) in [5.74, 6) is -0.919. The highest BCUT2D eigenvalue weighted by atomic mass is 16.6. The van der Waals surface area contributed by atoms with Crippen LogP contribution in [0, 0.1) is 11.3 Å². The minimum absolute atomic E-state index is 0.0671. The average Bonchev–Trinajstić information content (AvgIpc) is 2.32. The first-order chi connectivity index (χ1) is 8.97. The number of carbonyl (C=O) groups excluding carboxylic acids is 2. The number of rotatable bonds is 4. The number of nitriles is 1. The highest BCUT2D eigenvalue weighted by Crippen LogP contribution is 2.31. The van der Waals surface area contributed by atoms with Crippen molar-refractivity contribution >= 4 is 11.9 Å². The van der Waals surface area contributed by atoms with Crippen LogP contribution in [0.5, 0.6) is 11.5 Å². The van der Waals surface area contributed by atoms with E-state index in [1.165, 1.54) is 33.1 Å². The van der Waals surface area contributed by atoms with Crippen molar-refractivity contribution in [1.82, 2.24) is 0 Å². The van der Waals surface area contributed by atoms with E-state index in [-0.39, 0.29) is 11.5 Å². The van der Waals surface area contributed by atoms with Gasteiger partial charge < -0.3 is 14.2 Å². The van der Waals surface area contributed by atoms with Gasteiger partial charge in [0.15, 0.2) is 17.6 Å². The molecule has 0 aromatic heterocycles. The molecule has 100 valence electrons. The fraction of sp³-hybridized carbons (Fsp3) is 0.308. The third-order valence-corrected chi connectivity index (χ3v) is 2.13. The van der Waals surface area contributed by atoms with Crippen molar-refractivity contribution in [2.45, 2.75) is 20.0 Å². The summed E-state index contributed by atoms with van der Waals surface area (Å²) in [6, 6.07) is 6.37. The Morgan fingerprint density at radius 2 is 1.74 bits per heavy atom. The minimum atomic E-state index is -0.791. The van der Waals surface area contributed by atoms with Crippen LogP contribution in [0.4, 0.5) is 0 Å². The number of carbonyl (C=O) groups is 2. The third kappa shape index (κ3) is 4.08. The molecule has 0 saturated carbocycles. The molecule has 0 radical (unpaired) electrons. The lowest BCUT2D eigenvalue weighted by Crippen LogP contribution is -2.08. The van der Waals surface area contributed by atoms with Crippen molar-refractivity contribution in [3.05, 3.63) is 23.8 Å². The Bertz CT molecular complexity index is 532. The predicted octanol–water partition coefficient (Wildman–Crippen LogP) is 1.75. The molecule has 1 rings (SSSR count). The van der Waals surface area contributed by atoms with Crippen molar-refractivity contribution in [1.29, 1.82) is 5.26 Å². The molecule has 0 spiro atoms. The Kier molecular flexibility index (Phi) is 5.03. The summed E-state index contributed by atoms with van der Waals surface area (Å²) >= 11 is 0. The van der Waals surface area contributed by atoms with Gasteiger partial charge in [-0.15, -0.1) is 0 Å². The fourth-order valence-electron chi connectivity index (χ4n) is 1.42. The van der Waals surface area contributed by atoms with E-state index in [0.717, 1.165) is 0 Å². The second kappa shape index (κ2) is 6.52. The molecule has 0 aliphatic carbocycles. The van der Waals surface area contributed by atoms with Crippen LogP contribution < -0.4 is 9.47 Å². The number of hydrogen-bond donors (Lipinski definition) is 0. The summed E-state index contributed by atoms with van der Waals surface area (Å²) < 4.78 is 14.8. The van der Waals surface area contributed by atoms with Crippen LogP contribution in [-0.2, 0) is 14.3 Å². The van der Waals surface area contributed by atoms with E-state index in [0.29, 0.717) is 5.56 Å². The molecule has 0 fully saturated rings. The lowest BCUT2D eigenvalue weighted by atomic mass is 10.1. The lowest BCUT2D eigenvalue weighted by molar-refractivity contribution is -0.134. The first kappa shape index (κ1) is 14.7. The van der Waals surface area contributed by atoms with E-state index in [2.05, 4.69) is 0 Å². The first-order valence-electron chi connectivity index (χ1n) is 5.41. The number of nitrogens with zero attached hydrogens (tertiary/aromatic N) is 1. The van der Waals surface area contributed by atoms with Gasteiger partial charge in [0.25, 0.3) is 0 Å². The molecule has 19 heavy (non-hydrogen) atoms. The van der Waals surface area contributed by atoms with Gasteiger partial charge in [-0.3, -0.25) is 9.59 Å². The van der Waals surface area contributed by atoms with E-state index in [4.69, 9.17) is 19.5 Å². The largest absolute Gasteiger partial charge is 0.423 e. The Morgan fingerprint density at radius 1 is 1.16 bits per heavy atom. The van der Waals surface area contributed by atoms with Crippen LogP contribution in [0.25, 0.3) is 0 Å². The number of esters is 2. The number of methoxy groups -OCH3 is 1. The van der Waals surface area contributed by atoms with Crippen molar-refractivity contribution < 1.29 is 23.8 Å². The lowest BCUT2D eigenvalue weighted by Gasteiger charge is -2.12. The van der Waals surface area contributed by atoms with Crippen LogP contribution in [0.2, 0.25) is 0 Å². The molecule has 0 N–H and O–H groups in total. The minimum Gasteiger partial charge on any atom is -0.423 e. The van der Waals surface area contributed by atoms with Gasteiger partial charge in [-0.25, -0.2) is 0 Å². The summed E-state index contributed by atoms with van der Waals surface area (Å²) in [6.07, 6.45) is -0.791. The van der Waals surface area contributed by atoms with Gasteiger partial charge in [-0.2, -0.15) is 5.26 Å². The van der Waals surface area contributed by atoms with Crippen LogP contribution >= 0.6 is 0 Å². The molecule has 0 heterocycles. The molecular formula is C13H13NO5. The highest BCUT2D eigenvalue weighted by Gasteiger charge is 2.15. The Morgan fingerprint density at radius 3 is 2.21 bits per heavy atom. The molecule has 6 heteroatoms. The van der Waals surface area contributed by atoms with Crippen molar-refractivity contribution in [2.75, 3.05) is 7.11 Å². The zero-order chi connectivity index (χ0) is 14.4.